The molecule has 10 atom stereocenters. The van der Waals surface area contributed by atoms with E-state index in [-0.39, 0.29) is 48.2 Å². The van der Waals surface area contributed by atoms with Gasteiger partial charge in [0.25, 0.3) is 0 Å². The third kappa shape index (κ3) is 9.14. The second-order valence-electron chi connectivity index (χ2n) is 10.9. The van der Waals surface area contributed by atoms with Crippen LogP contribution in [0.15, 0.2) is 36.5 Å². The third-order valence-electron chi connectivity index (χ3n) is 7.48. The monoisotopic (exact) mass is 521 g/mol. The van der Waals surface area contributed by atoms with Crippen LogP contribution in [0.1, 0.15) is 53.9 Å². The standard InChI is InChI=1S/C29H47NO7/c1-8-25-22(17-31)11-9-10-12-24(32)19(3)15-20(4)28(18(2)13-14-26(33)36-25)37-29-27(34)23(30(6)7)16-21(5)35-29/h9-14,18-23,25,27-29,31,34H,8,15-17H2,1-7H3/b11-9+,12-10+,14-13+/t18-,19+,20-,21?,22+,23?,25+,27?,28+,29?/m0/s1. The lowest BCUT2D eigenvalue weighted by atomic mass is 9.84. The van der Waals surface area contributed by atoms with E-state index in [1.165, 1.54) is 12.2 Å². The Morgan fingerprint density at radius 1 is 1.05 bits per heavy atom. The molecule has 1 saturated heterocycles. The first-order valence-electron chi connectivity index (χ1n) is 13.5. The summed E-state index contributed by atoms with van der Waals surface area (Å²) in [5.74, 6) is -1.41. The molecule has 1 fully saturated rings. The number of esters is 1. The molecule has 2 rings (SSSR count). The molecule has 8 heteroatoms. The first kappa shape index (κ1) is 31.4. The van der Waals surface area contributed by atoms with Gasteiger partial charge in [-0.25, -0.2) is 4.79 Å². The molecule has 0 aromatic rings. The Labute approximate surface area is 222 Å². The van der Waals surface area contributed by atoms with Gasteiger partial charge >= 0.3 is 5.97 Å². The number of nitrogens with zero attached hydrogens (tertiary/aromatic N) is 1. The summed E-state index contributed by atoms with van der Waals surface area (Å²) in [4.78, 5) is 27.4. The summed E-state index contributed by atoms with van der Waals surface area (Å²) in [7, 11) is 3.85. The van der Waals surface area contributed by atoms with Crippen molar-refractivity contribution in [2.75, 3.05) is 20.7 Å². The maximum atomic E-state index is 12.8. The van der Waals surface area contributed by atoms with E-state index in [1.807, 2.05) is 53.6 Å². The van der Waals surface area contributed by atoms with E-state index in [1.54, 1.807) is 24.3 Å². The largest absolute Gasteiger partial charge is 0.459 e. The molecule has 0 saturated carbocycles. The van der Waals surface area contributed by atoms with Gasteiger partial charge in [0.2, 0.25) is 0 Å². The summed E-state index contributed by atoms with van der Waals surface area (Å²) in [6.07, 6.45) is 8.95. The fraction of sp³-hybridized carbons (Fsp3) is 0.724. The molecule has 0 radical (unpaired) electrons. The lowest BCUT2D eigenvalue weighted by molar-refractivity contribution is -0.277. The van der Waals surface area contributed by atoms with Crippen LogP contribution in [-0.2, 0) is 23.8 Å². The van der Waals surface area contributed by atoms with E-state index in [2.05, 4.69) is 0 Å². The van der Waals surface area contributed by atoms with Crippen molar-refractivity contribution in [3.63, 3.8) is 0 Å². The number of likely N-dealkylation sites (N-methyl/N-ethyl adjacent to an activating group) is 1. The fourth-order valence-electron chi connectivity index (χ4n) is 5.22. The van der Waals surface area contributed by atoms with Gasteiger partial charge in [-0.05, 0) is 52.3 Å². The minimum atomic E-state index is -0.839. The molecule has 8 nitrogen and oxygen atoms in total. The Balaban J connectivity index is 2.35. The molecule has 0 amide bonds. The lowest BCUT2D eigenvalue weighted by Gasteiger charge is -2.43. The number of hydrogen-bond acceptors (Lipinski definition) is 8. The lowest BCUT2D eigenvalue weighted by Crippen LogP contribution is -2.55. The van der Waals surface area contributed by atoms with E-state index < -0.39 is 30.6 Å². The second-order valence-corrected chi connectivity index (χ2v) is 10.9. The predicted octanol–water partition coefficient (Wildman–Crippen LogP) is 3.28. The van der Waals surface area contributed by atoms with Crippen molar-refractivity contribution in [3.8, 4) is 0 Å². The maximum Gasteiger partial charge on any atom is 0.330 e. The van der Waals surface area contributed by atoms with E-state index in [0.717, 1.165) is 0 Å². The smallest absolute Gasteiger partial charge is 0.330 e. The normalized spacial score (nSPS) is 41.2. The Hall–Kier alpha value is -1.84. The van der Waals surface area contributed by atoms with Gasteiger partial charge < -0.3 is 29.3 Å². The number of aliphatic hydroxyl groups excluding tert-OH is 2. The molecular weight excluding hydrogens is 474 g/mol. The van der Waals surface area contributed by atoms with Crippen molar-refractivity contribution >= 4 is 11.8 Å². The Kier molecular flexibility index (Phi) is 12.7. The van der Waals surface area contributed by atoms with E-state index in [4.69, 9.17) is 14.2 Å². The number of aliphatic hydroxyl groups is 2. The van der Waals surface area contributed by atoms with Crippen LogP contribution in [0.3, 0.4) is 0 Å². The molecule has 210 valence electrons. The minimum absolute atomic E-state index is 0.000183. The van der Waals surface area contributed by atoms with Crippen LogP contribution in [0, 0.1) is 23.7 Å². The minimum Gasteiger partial charge on any atom is -0.459 e. The Morgan fingerprint density at radius 2 is 1.76 bits per heavy atom. The summed E-state index contributed by atoms with van der Waals surface area (Å²) in [6.45, 7) is 9.54. The van der Waals surface area contributed by atoms with Crippen molar-refractivity contribution < 1.29 is 34.0 Å². The molecule has 2 heterocycles. The second kappa shape index (κ2) is 14.9. The number of allylic oxidation sites excluding steroid dienone is 3. The quantitative estimate of drug-likeness (QED) is 0.531. The summed E-state index contributed by atoms with van der Waals surface area (Å²) in [5.41, 5.74) is 0. The van der Waals surface area contributed by atoms with E-state index in [9.17, 15) is 19.8 Å². The number of ether oxygens (including phenoxy) is 3. The highest BCUT2D eigenvalue weighted by molar-refractivity contribution is 5.91. The van der Waals surface area contributed by atoms with Gasteiger partial charge in [0.1, 0.15) is 12.2 Å². The topological polar surface area (TPSA) is 106 Å². The van der Waals surface area contributed by atoms with Gasteiger partial charge in [-0.2, -0.15) is 0 Å². The number of ketones is 1. The van der Waals surface area contributed by atoms with Crippen molar-refractivity contribution in [2.45, 2.75) is 90.6 Å². The highest BCUT2D eigenvalue weighted by atomic mass is 16.7. The van der Waals surface area contributed by atoms with Crippen molar-refractivity contribution in [1.29, 1.82) is 0 Å². The number of carbonyl (C=O) groups excluding carboxylic acids is 2. The molecule has 2 aliphatic rings. The van der Waals surface area contributed by atoms with Crippen LogP contribution in [0.4, 0.5) is 0 Å². The van der Waals surface area contributed by atoms with Gasteiger partial charge in [0.05, 0.1) is 18.8 Å². The average molecular weight is 522 g/mol. The Morgan fingerprint density at radius 3 is 2.38 bits per heavy atom. The van der Waals surface area contributed by atoms with Gasteiger partial charge in [-0.1, -0.05) is 52.0 Å². The van der Waals surface area contributed by atoms with Crippen LogP contribution < -0.4 is 0 Å². The molecule has 4 unspecified atom stereocenters. The molecule has 0 aromatic heterocycles. The van der Waals surface area contributed by atoms with Gasteiger partial charge in [-0.15, -0.1) is 0 Å². The average Bonchev–Trinajstić information content (AvgIpc) is 2.85. The summed E-state index contributed by atoms with van der Waals surface area (Å²) < 4.78 is 18.1. The van der Waals surface area contributed by atoms with Crippen molar-refractivity contribution in [1.82, 2.24) is 4.90 Å². The first-order chi connectivity index (χ1) is 17.5. The van der Waals surface area contributed by atoms with Crippen molar-refractivity contribution in [2.24, 2.45) is 23.7 Å². The predicted molar refractivity (Wildman–Crippen MR) is 143 cm³/mol. The summed E-state index contributed by atoms with van der Waals surface area (Å²) in [6, 6.07) is -0.111. The third-order valence-corrected chi connectivity index (χ3v) is 7.48. The summed E-state index contributed by atoms with van der Waals surface area (Å²) >= 11 is 0. The van der Waals surface area contributed by atoms with Gasteiger partial charge in [-0.3, -0.25) is 4.79 Å². The molecule has 0 spiro atoms. The van der Waals surface area contributed by atoms with Crippen LogP contribution in [-0.4, -0.2) is 84.3 Å². The van der Waals surface area contributed by atoms with Crippen LogP contribution >= 0.6 is 0 Å². The fourth-order valence-corrected chi connectivity index (χ4v) is 5.22. The Bertz CT molecular complexity index is 823. The van der Waals surface area contributed by atoms with Crippen molar-refractivity contribution in [3.05, 3.63) is 36.5 Å². The van der Waals surface area contributed by atoms with Crippen LogP contribution in [0.5, 0.6) is 0 Å². The SMILES string of the molecule is CC[C@H]1OC(=O)/C=C/[C@H](C)[C@@H](OC2OC(C)CC(N(C)C)C2O)[C@@H](C)C[C@@H](C)C(=O)/C=C/C=C/[C@@H]1CO. The number of hydrogen-bond donors (Lipinski definition) is 2. The van der Waals surface area contributed by atoms with Crippen LogP contribution in [0.2, 0.25) is 0 Å². The molecule has 0 aliphatic carbocycles. The molecular formula is C29H47NO7. The molecule has 0 aromatic carbocycles. The molecule has 2 N–H and O–H groups in total. The van der Waals surface area contributed by atoms with E-state index in [0.29, 0.717) is 19.3 Å². The maximum absolute atomic E-state index is 12.8. The number of carbonyl (C=O) groups is 2. The molecule has 0 bridgehead atoms. The zero-order valence-electron chi connectivity index (χ0n) is 23.4. The summed E-state index contributed by atoms with van der Waals surface area (Å²) in [5, 5.41) is 20.8. The first-order valence-corrected chi connectivity index (χ1v) is 13.5. The zero-order chi connectivity index (χ0) is 27.7. The number of rotatable bonds is 5. The highest BCUT2D eigenvalue weighted by Crippen LogP contribution is 2.31. The zero-order valence-corrected chi connectivity index (χ0v) is 23.4. The van der Waals surface area contributed by atoms with Gasteiger partial charge in [0, 0.05) is 29.9 Å². The van der Waals surface area contributed by atoms with Crippen LogP contribution in [0.25, 0.3) is 0 Å². The number of cyclic esters (lactones) is 1. The molecule has 2 aliphatic heterocycles. The van der Waals surface area contributed by atoms with Gasteiger partial charge in [0.15, 0.2) is 12.1 Å². The van der Waals surface area contributed by atoms with E-state index >= 15 is 0 Å². The highest BCUT2D eigenvalue weighted by Gasteiger charge is 2.40. The molecule has 37 heavy (non-hydrogen) atoms.